The highest BCUT2D eigenvalue weighted by molar-refractivity contribution is 9.10. The van der Waals surface area contributed by atoms with Crippen LogP contribution in [0, 0.1) is 6.92 Å². The summed E-state index contributed by atoms with van der Waals surface area (Å²) in [4.78, 5) is 25.6. The predicted molar refractivity (Wildman–Crippen MR) is 83.9 cm³/mol. The molecule has 110 valence electrons. The van der Waals surface area contributed by atoms with Gasteiger partial charge in [-0.05, 0) is 30.7 Å². The Balaban J connectivity index is 2.44. The largest absolute Gasteiger partial charge is 0.469 e. The van der Waals surface area contributed by atoms with E-state index in [2.05, 4.69) is 20.7 Å². The van der Waals surface area contributed by atoms with Crippen LogP contribution in [0.3, 0.4) is 0 Å². The first-order valence-corrected chi connectivity index (χ1v) is 7.91. The molecule has 6 heteroatoms. The molecule has 0 heterocycles. The summed E-state index contributed by atoms with van der Waals surface area (Å²) in [5, 5.41) is 0. The average molecular weight is 360 g/mol. The number of thioether (sulfide) groups is 1. The van der Waals surface area contributed by atoms with Crippen LogP contribution in [0.4, 0.5) is 0 Å². The molecular weight excluding hydrogens is 342 g/mol. The third-order valence-electron chi connectivity index (χ3n) is 2.79. The first kappa shape index (κ1) is 17.0. The normalized spacial score (nSPS) is 10.2. The van der Waals surface area contributed by atoms with Crippen molar-refractivity contribution in [3.63, 3.8) is 0 Å². The quantitative estimate of drug-likeness (QED) is 0.578. The fourth-order valence-corrected chi connectivity index (χ4v) is 2.94. The SMILES string of the molecule is COC(=O)CCN(C)C(=O)CSc1ccc(Br)cc1C. The molecule has 0 aromatic heterocycles. The van der Waals surface area contributed by atoms with Crippen molar-refractivity contribution in [1.29, 1.82) is 0 Å². The standard InChI is InChI=1S/C14H18BrNO3S/c1-10-8-11(15)4-5-12(10)20-9-13(17)16(2)7-6-14(18)19-3/h4-5,8H,6-7,9H2,1-3H3. The summed E-state index contributed by atoms with van der Waals surface area (Å²) >= 11 is 4.92. The minimum Gasteiger partial charge on any atom is -0.469 e. The van der Waals surface area contributed by atoms with Crippen molar-refractivity contribution in [1.82, 2.24) is 4.90 Å². The number of carbonyl (C=O) groups excluding carboxylic acids is 2. The van der Waals surface area contributed by atoms with E-state index in [0.717, 1.165) is 14.9 Å². The topological polar surface area (TPSA) is 46.6 Å². The molecule has 0 aliphatic heterocycles. The maximum atomic E-state index is 11.9. The van der Waals surface area contributed by atoms with Gasteiger partial charge < -0.3 is 9.64 Å². The summed E-state index contributed by atoms with van der Waals surface area (Å²) < 4.78 is 5.58. The molecule has 1 aromatic carbocycles. The van der Waals surface area contributed by atoms with Crippen LogP contribution in [0.5, 0.6) is 0 Å². The van der Waals surface area contributed by atoms with Crippen molar-refractivity contribution in [3.05, 3.63) is 28.2 Å². The number of aryl methyl sites for hydroxylation is 1. The average Bonchev–Trinajstić information content (AvgIpc) is 2.42. The number of benzene rings is 1. The molecule has 0 fully saturated rings. The van der Waals surface area contributed by atoms with E-state index < -0.39 is 0 Å². The summed E-state index contributed by atoms with van der Waals surface area (Å²) in [7, 11) is 3.04. The van der Waals surface area contributed by atoms with E-state index in [4.69, 9.17) is 0 Å². The first-order valence-electron chi connectivity index (χ1n) is 6.13. The molecule has 1 amide bonds. The van der Waals surface area contributed by atoms with Gasteiger partial charge in [0.1, 0.15) is 0 Å². The van der Waals surface area contributed by atoms with E-state index in [9.17, 15) is 9.59 Å². The highest BCUT2D eigenvalue weighted by Crippen LogP contribution is 2.25. The monoisotopic (exact) mass is 359 g/mol. The third kappa shape index (κ3) is 5.54. The van der Waals surface area contributed by atoms with E-state index in [-0.39, 0.29) is 18.3 Å². The molecule has 1 aromatic rings. The van der Waals surface area contributed by atoms with Gasteiger partial charge in [0.15, 0.2) is 0 Å². The Kier molecular flexibility index (Phi) is 7.09. The maximum absolute atomic E-state index is 11.9. The van der Waals surface area contributed by atoms with Crippen LogP contribution < -0.4 is 0 Å². The molecule has 0 atom stereocenters. The predicted octanol–water partition coefficient (Wildman–Crippen LogP) is 2.87. The summed E-state index contributed by atoms with van der Waals surface area (Å²) in [6, 6.07) is 5.97. The van der Waals surface area contributed by atoms with Crippen molar-refractivity contribution in [2.45, 2.75) is 18.2 Å². The zero-order valence-electron chi connectivity index (χ0n) is 11.8. The second kappa shape index (κ2) is 8.32. The van der Waals surface area contributed by atoms with Crippen LogP contribution in [0.1, 0.15) is 12.0 Å². The lowest BCUT2D eigenvalue weighted by Crippen LogP contribution is -2.30. The number of rotatable bonds is 6. The number of halogens is 1. The lowest BCUT2D eigenvalue weighted by Gasteiger charge is -2.16. The fourth-order valence-electron chi connectivity index (χ4n) is 1.51. The molecule has 0 N–H and O–H groups in total. The fraction of sp³-hybridized carbons (Fsp3) is 0.429. The van der Waals surface area contributed by atoms with Gasteiger partial charge in [-0.3, -0.25) is 9.59 Å². The number of esters is 1. The van der Waals surface area contributed by atoms with Crippen molar-refractivity contribution in [2.75, 3.05) is 26.5 Å². The van der Waals surface area contributed by atoms with Gasteiger partial charge in [-0.25, -0.2) is 0 Å². The molecule has 0 saturated carbocycles. The summed E-state index contributed by atoms with van der Waals surface area (Å²) in [5.74, 6) is 0.0578. The highest BCUT2D eigenvalue weighted by Gasteiger charge is 2.12. The molecule has 0 radical (unpaired) electrons. The second-order valence-corrected chi connectivity index (χ2v) is 6.27. The molecule has 1 rings (SSSR count). The number of ether oxygens (including phenoxy) is 1. The van der Waals surface area contributed by atoms with Gasteiger partial charge in [0.25, 0.3) is 0 Å². The number of hydrogen-bond acceptors (Lipinski definition) is 4. The Morgan fingerprint density at radius 1 is 1.40 bits per heavy atom. The van der Waals surface area contributed by atoms with Gasteiger partial charge in [-0.2, -0.15) is 0 Å². The van der Waals surface area contributed by atoms with Crippen LogP contribution in [0.15, 0.2) is 27.6 Å². The van der Waals surface area contributed by atoms with Crippen LogP contribution in [-0.4, -0.2) is 43.2 Å². The number of carbonyl (C=O) groups is 2. The molecule has 0 spiro atoms. The lowest BCUT2D eigenvalue weighted by atomic mass is 10.2. The first-order chi connectivity index (χ1) is 9.43. The zero-order valence-corrected chi connectivity index (χ0v) is 14.2. The van der Waals surface area contributed by atoms with Crippen LogP contribution >= 0.6 is 27.7 Å². The van der Waals surface area contributed by atoms with E-state index >= 15 is 0 Å². The maximum Gasteiger partial charge on any atom is 0.307 e. The molecule has 0 saturated heterocycles. The van der Waals surface area contributed by atoms with Gasteiger partial charge in [0.05, 0.1) is 19.3 Å². The number of amides is 1. The van der Waals surface area contributed by atoms with E-state index in [1.165, 1.54) is 18.9 Å². The van der Waals surface area contributed by atoms with Crippen molar-refractivity contribution < 1.29 is 14.3 Å². The van der Waals surface area contributed by atoms with E-state index in [1.54, 1.807) is 11.9 Å². The van der Waals surface area contributed by atoms with Crippen LogP contribution in [0.2, 0.25) is 0 Å². The Labute approximate surface area is 132 Å². The molecule has 20 heavy (non-hydrogen) atoms. The van der Waals surface area contributed by atoms with E-state index in [0.29, 0.717) is 12.3 Å². The zero-order chi connectivity index (χ0) is 15.1. The molecule has 0 aliphatic carbocycles. The van der Waals surface area contributed by atoms with Crippen molar-refractivity contribution >= 4 is 39.6 Å². The van der Waals surface area contributed by atoms with Gasteiger partial charge in [0.2, 0.25) is 5.91 Å². The van der Waals surface area contributed by atoms with Crippen LogP contribution in [0.25, 0.3) is 0 Å². The molecule has 0 unspecified atom stereocenters. The third-order valence-corrected chi connectivity index (χ3v) is 4.45. The number of methoxy groups -OCH3 is 1. The van der Waals surface area contributed by atoms with Gasteiger partial charge >= 0.3 is 5.97 Å². The summed E-state index contributed by atoms with van der Waals surface area (Å²) in [5.41, 5.74) is 1.13. The number of hydrogen-bond donors (Lipinski definition) is 0. The van der Waals surface area contributed by atoms with Crippen LogP contribution in [-0.2, 0) is 14.3 Å². The lowest BCUT2D eigenvalue weighted by molar-refractivity contribution is -0.141. The smallest absolute Gasteiger partial charge is 0.307 e. The second-order valence-electron chi connectivity index (χ2n) is 4.34. The van der Waals surface area contributed by atoms with Crippen molar-refractivity contribution in [3.8, 4) is 0 Å². The summed E-state index contributed by atoms with van der Waals surface area (Å²) in [6.07, 6.45) is 0.223. The number of nitrogens with zero attached hydrogens (tertiary/aromatic N) is 1. The molecule has 0 bridgehead atoms. The highest BCUT2D eigenvalue weighted by atomic mass is 79.9. The van der Waals surface area contributed by atoms with Gasteiger partial charge in [-0.1, -0.05) is 15.9 Å². The Morgan fingerprint density at radius 3 is 2.70 bits per heavy atom. The van der Waals surface area contributed by atoms with Gasteiger partial charge in [-0.15, -0.1) is 11.8 Å². The van der Waals surface area contributed by atoms with Crippen molar-refractivity contribution in [2.24, 2.45) is 0 Å². The summed E-state index contributed by atoms with van der Waals surface area (Å²) in [6.45, 7) is 2.39. The van der Waals surface area contributed by atoms with E-state index in [1.807, 2.05) is 25.1 Å². The minimum atomic E-state index is -0.305. The molecule has 0 aliphatic rings. The molecule has 4 nitrogen and oxygen atoms in total. The van der Waals surface area contributed by atoms with Gasteiger partial charge in [0, 0.05) is 23.0 Å². The minimum absolute atomic E-state index is 0.00113. The molecular formula is C14H18BrNO3S. The Morgan fingerprint density at radius 2 is 2.10 bits per heavy atom. The Bertz CT molecular complexity index is 493. The Hall–Kier alpha value is -1.01.